The van der Waals surface area contributed by atoms with Gasteiger partial charge in [0, 0.05) is 17.6 Å². The van der Waals surface area contributed by atoms with Crippen LogP contribution in [-0.2, 0) is 0 Å². The Bertz CT molecular complexity index is 292. The summed E-state index contributed by atoms with van der Waals surface area (Å²) in [5.74, 6) is 0.614. The van der Waals surface area contributed by atoms with Crippen LogP contribution < -0.4 is 0 Å². The molecule has 1 rings (SSSR count). The fraction of sp³-hybridized carbons (Fsp3) is 0.200. The lowest BCUT2D eigenvalue weighted by Crippen LogP contribution is -1.84. The van der Waals surface area contributed by atoms with Gasteiger partial charge in [-0.15, -0.1) is 11.6 Å². The second-order valence-electron chi connectivity index (χ2n) is 2.51. The van der Waals surface area contributed by atoms with Crippen molar-refractivity contribution in [2.75, 3.05) is 5.88 Å². The molecule has 0 aliphatic rings. The number of nitrogens with zero attached hydrogens (tertiary/aromatic N) is 1. The Hall–Kier alpha value is -1.15. The van der Waals surface area contributed by atoms with Crippen molar-refractivity contribution in [3.05, 3.63) is 35.7 Å². The first-order valence-corrected chi connectivity index (χ1v) is 4.54. The highest BCUT2D eigenvalue weighted by Crippen LogP contribution is 2.01. The number of aldehydes is 1. The van der Waals surface area contributed by atoms with Gasteiger partial charge in [0.1, 0.15) is 0 Å². The van der Waals surface area contributed by atoms with Gasteiger partial charge in [0.25, 0.3) is 0 Å². The number of hydrogen-bond donors (Lipinski definition) is 0. The van der Waals surface area contributed by atoms with E-state index in [0.717, 1.165) is 18.4 Å². The van der Waals surface area contributed by atoms with Gasteiger partial charge in [-0.2, -0.15) is 0 Å². The third-order valence-corrected chi connectivity index (χ3v) is 1.73. The van der Waals surface area contributed by atoms with E-state index in [0.29, 0.717) is 11.4 Å². The van der Waals surface area contributed by atoms with E-state index in [1.165, 1.54) is 0 Å². The first kappa shape index (κ1) is 9.93. The maximum absolute atomic E-state index is 10.3. The topological polar surface area (TPSA) is 30.0 Å². The van der Waals surface area contributed by atoms with Crippen LogP contribution >= 0.6 is 11.6 Å². The molecule has 0 aromatic carbocycles. The Labute approximate surface area is 82.3 Å². The summed E-state index contributed by atoms with van der Waals surface area (Å²) in [6, 6.07) is 3.54. The molecule has 0 unspecified atom stereocenters. The lowest BCUT2D eigenvalue weighted by atomic mass is 10.2. The molecule has 0 saturated heterocycles. The quantitative estimate of drug-likeness (QED) is 0.546. The van der Waals surface area contributed by atoms with Gasteiger partial charge in [-0.05, 0) is 24.6 Å². The standard InChI is InChI=1S/C10H10ClNO/c11-6-2-1-3-10-5-4-9(8-13)7-12-10/h1,3-5,7-8H,2,6H2. The maximum atomic E-state index is 10.3. The number of aromatic nitrogens is 1. The number of allylic oxidation sites excluding steroid dienone is 1. The van der Waals surface area contributed by atoms with Crippen LogP contribution in [0.5, 0.6) is 0 Å². The molecule has 0 bridgehead atoms. The SMILES string of the molecule is O=Cc1ccc(C=CCCCl)nc1. The van der Waals surface area contributed by atoms with Gasteiger partial charge >= 0.3 is 0 Å². The molecule has 1 heterocycles. The Morgan fingerprint density at radius 3 is 2.85 bits per heavy atom. The van der Waals surface area contributed by atoms with E-state index < -0.39 is 0 Å². The van der Waals surface area contributed by atoms with E-state index in [1.54, 1.807) is 18.3 Å². The molecule has 0 atom stereocenters. The normalized spacial score (nSPS) is 10.5. The van der Waals surface area contributed by atoms with E-state index in [2.05, 4.69) is 4.98 Å². The van der Waals surface area contributed by atoms with Gasteiger partial charge in [0.05, 0.1) is 5.69 Å². The fourth-order valence-electron chi connectivity index (χ4n) is 0.852. The summed E-state index contributed by atoms with van der Waals surface area (Å²) in [7, 11) is 0. The Morgan fingerprint density at radius 1 is 1.46 bits per heavy atom. The van der Waals surface area contributed by atoms with Crippen molar-refractivity contribution in [2.24, 2.45) is 0 Å². The second-order valence-corrected chi connectivity index (χ2v) is 2.89. The third kappa shape index (κ3) is 3.38. The van der Waals surface area contributed by atoms with Crippen molar-refractivity contribution in [2.45, 2.75) is 6.42 Å². The van der Waals surface area contributed by atoms with Gasteiger partial charge in [-0.1, -0.05) is 6.08 Å². The second kappa shape index (κ2) is 5.49. The van der Waals surface area contributed by atoms with Crippen LogP contribution in [0.4, 0.5) is 0 Å². The molecule has 0 aliphatic heterocycles. The van der Waals surface area contributed by atoms with Crippen molar-refractivity contribution in [1.82, 2.24) is 4.98 Å². The molecule has 0 radical (unpaired) electrons. The lowest BCUT2D eigenvalue weighted by Gasteiger charge is -1.92. The summed E-state index contributed by atoms with van der Waals surface area (Å²) in [4.78, 5) is 14.4. The number of halogens is 1. The summed E-state index contributed by atoms with van der Waals surface area (Å²) in [6.07, 6.45) is 7.00. The van der Waals surface area contributed by atoms with Gasteiger partial charge in [0.2, 0.25) is 0 Å². The van der Waals surface area contributed by atoms with Gasteiger partial charge in [-0.25, -0.2) is 0 Å². The number of carbonyl (C=O) groups excluding carboxylic acids is 1. The number of rotatable bonds is 4. The number of carbonyl (C=O) groups is 1. The lowest BCUT2D eigenvalue weighted by molar-refractivity contribution is 0.112. The van der Waals surface area contributed by atoms with Crippen LogP contribution in [-0.4, -0.2) is 17.2 Å². The zero-order valence-electron chi connectivity index (χ0n) is 7.11. The predicted molar refractivity (Wildman–Crippen MR) is 54.0 cm³/mol. The minimum Gasteiger partial charge on any atom is -0.298 e. The van der Waals surface area contributed by atoms with Crippen molar-refractivity contribution in [3.8, 4) is 0 Å². The number of alkyl halides is 1. The molecule has 2 nitrogen and oxygen atoms in total. The van der Waals surface area contributed by atoms with Gasteiger partial charge in [0.15, 0.2) is 6.29 Å². The highest BCUT2D eigenvalue weighted by molar-refractivity contribution is 6.17. The van der Waals surface area contributed by atoms with Gasteiger partial charge < -0.3 is 0 Å². The van der Waals surface area contributed by atoms with E-state index in [4.69, 9.17) is 11.6 Å². The molecular formula is C10H10ClNO. The molecule has 3 heteroatoms. The van der Waals surface area contributed by atoms with E-state index >= 15 is 0 Å². The average molecular weight is 196 g/mol. The van der Waals surface area contributed by atoms with Crippen molar-refractivity contribution in [1.29, 1.82) is 0 Å². The van der Waals surface area contributed by atoms with Gasteiger partial charge in [-0.3, -0.25) is 9.78 Å². The maximum Gasteiger partial charge on any atom is 0.151 e. The number of hydrogen-bond acceptors (Lipinski definition) is 2. The molecule has 68 valence electrons. The molecular weight excluding hydrogens is 186 g/mol. The summed E-state index contributed by atoms with van der Waals surface area (Å²) in [5, 5.41) is 0. The third-order valence-electron chi connectivity index (χ3n) is 1.51. The molecule has 0 fully saturated rings. The monoisotopic (exact) mass is 195 g/mol. The largest absolute Gasteiger partial charge is 0.298 e. The molecule has 13 heavy (non-hydrogen) atoms. The minimum atomic E-state index is 0.592. The summed E-state index contributed by atoms with van der Waals surface area (Å²) in [6.45, 7) is 0. The predicted octanol–water partition coefficient (Wildman–Crippen LogP) is 2.54. The van der Waals surface area contributed by atoms with Crippen molar-refractivity contribution in [3.63, 3.8) is 0 Å². The minimum absolute atomic E-state index is 0.592. The van der Waals surface area contributed by atoms with E-state index in [-0.39, 0.29) is 0 Å². The molecule has 0 aliphatic carbocycles. The first-order chi connectivity index (χ1) is 6.36. The smallest absolute Gasteiger partial charge is 0.151 e. The molecule has 0 amide bonds. The average Bonchev–Trinajstić information content (AvgIpc) is 2.19. The summed E-state index contributed by atoms with van der Waals surface area (Å²) in [5.41, 5.74) is 1.44. The Morgan fingerprint density at radius 2 is 2.31 bits per heavy atom. The van der Waals surface area contributed by atoms with E-state index in [9.17, 15) is 4.79 Å². The molecule has 0 spiro atoms. The van der Waals surface area contributed by atoms with Crippen LogP contribution in [0, 0.1) is 0 Å². The van der Waals surface area contributed by atoms with Crippen molar-refractivity contribution >= 4 is 24.0 Å². The van der Waals surface area contributed by atoms with Crippen LogP contribution in [0.3, 0.4) is 0 Å². The van der Waals surface area contributed by atoms with Crippen molar-refractivity contribution < 1.29 is 4.79 Å². The molecule has 0 saturated carbocycles. The number of pyridine rings is 1. The summed E-state index contributed by atoms with van der Waals surface area (Å²) >= 11 is 5.50. The van der Waals surface area contributed by atoms with Crippen LogP contribution in [0.2, 0.25) is 0 Å². The van der Waals surface area contributed by atoms with E-state index in [1.807, 2.05) is 12.2 Å². The van der Waals surface area contributed by atoms with Crippen LogP contribution in [0.1, 0.15) is 22.5 Å². The zero-order chi connectivity index (χ0) is 9.52. The molecule has 1 aromatic heterocycles. The highest BCUT2D eigenvalue weighted by Gasteiger charge is 1.89. The fourth-order valence-corrected chi connectivity index (χ4v) is 0.978. The highest BCUT2D eigenvalue weighted by atomic mass is 35.5. The Balaban J connectivity index is 2.63. The zero-order valence-corrected chi connectivity index (χ0v) is 7.87. The molecule has 1 aromatic rings. The summed E-state index contributed by atoms with van der Waals surface area (Å²) < 4.78 is 0. The first-order valence-electron chi connectivity index (χ1n) is 4.00. The molecule has 0 N–H and O–H groups in total. The van der Waals surface area contributed by atoms with Crippen LogP contribution in [0.15, 0.2) is 24.4 Å². The van der Waals surface area contributed by atoms with Crippen LogP contribution in [0.25, 0.3) is 6.08 Å². The Kier molecular flexibility index (Phi) is 4.19.